The van der Waals surface area contributed by atoms with E-state index in [1.807, 2.05) is 54.6 Å². The lowest BCUT2D eigenvalue weighted by molar-refractivity contribution is -0.141. The maximum absolute atomic E-state index is 12.9. The monoisotopic (exact) mass is 443 g/mol. The predicted molar refractivity (Wildman–Crippen MR) is 123 cm³/mol. The highest BCUT2D eigenvalue weighted by molar-refractivity contribution is 5.81. The van der Waals surface area contributed by atoms with Gasteiger partial charge < -0.3 is 14.6 Å². The third-order valence-corrected chi connectivity index (χ3v) is 6.45. The molecule has 1 unspecified atom stereocenters. The molecule has 6 heteroatoms. The van der Waals surface area contributed by atoms with Crippen molar-refractivity contribution in [3.8, 4) is 11.1 Å². The average molecular weight is 443 g/mol. The number of aliphatic carboxylic acids is 1. The standard InChI is InChI=1S/C27H25NO5/c29-26(30)25-14-19(32-16-18-8-2-1-3-9-18)15-28(25)27(31)33-17-24-22-12-6-4-10-20(22)21-11-5-7-13-23(21)24/h1-13,19,24-25H,14-17H2,(H,29,30)/t19-,25?/m1/s1. The molecule has 0 radical (unpaired) electrons. The van der Waals surface area contributed by atoms with Crippen LogP contribution in [0.25, 0.3) is 11.1 Å². The van der Waals surface area contributed by atoms with Crippen molar-refractivity contribution in [3.05, 3.63) is 95.6 Å². The summed E-state index contributed by atoms with van der Waals surface area (Å²) in [6.07, 6.45) is -0.728. The summed E-state index contributed by atoms with van der Waals surface area (Å²) in [5, 5.41) is 9.67. The summed E-state index contributed by atoms with van der Waals surface area (Å²) in [7, 11) is 0. The summed E-state index contributed by atoms with van der Waals surface area (Å²) in [5.74, 6) is -1.12. The summed E-state index contributed by atoms with van der Waals surface area (Å²) in [6, 6.07) is 24.9. The molecule has 2 atom stereocenters. The molecule has 3 aromatic rings. The fourth-order valence-corrected chi connectivity index (χ4v) is 4.82. The van der Waals surface area contributed by atoms with Gasteiger partial charge in [0.2, 0.25) is 0 Å². The van der Waals surface area contributed by atoms with Crippen molar-refractivity contribution < 1.29 is 24.2 Å². The lowest BCUT2D eigenvalue weighted by atomic mass is 9.98. The molecule has 0 bridgehead atoms. The number of carboxylic acid groups (broad SMARTS) is 1. The molecule has 1 aliphatic carbocycles. The molecule has 168 valence electrons. The molecule has 1 amide bonds. The quantitative estimate of drug-likeness (QED) is 0.599. The van der Waals surface area contributed by atoms with Gasteiger partial charge in [-0.3, -0.25) is 4.90 Å². The van der Waals surface area contributed by atoms with Gasteiger partial charge in [0.15, 0.2) is 0 Å². The SMILES string of the molecule is O=C(O)C1C[C@@H](OCc2ccccc2)CN1C(=O)OCC1c2ccccc2-c2ccccc21. The van der Waals surface area contributed by atoms with Crippen LogP contribution in [-0.2, 0) is 20.9 Å². The van der Waals surface area contributed by atoms with E-state index >= 15 is 0 Å². The molecule has 2 aliphatic rings. The Morgan fingerprint density at radius 1 is 0.879 bits per heavy atom. The van der Waals surface area contributed by atoms with E-state index in [-0.39, 0.29) is 31.6 Å². The molecule has 33 heavy (non-hydrogen) atoms. The van der Waals surface area contributed by atoms with Crippen LogP contribution in [0.1, 0.15) is 29.0 Å². The lowest BCUT2D eigenvalue weighted by Crippen LogP contribution is -2.41. The molecule has 3 aromatic carbocycles. The van der Waals surface area contributed by atoms with Crippen molar-refractivity contribution in [2.24, 2.45) is 0 Å². The number of rotatable bonds is 6. The van der Waals surface area contributed by atoms with Gasteiger partial charge in [0.1, 0.15) is 12.6 Å². The van der Waals surface area contributed by atoms with E-state index in [2.05, 4.69) is 24.3 Å². The fraction of sp³-hybridized carbons (Fsp3) is 0.259. The third-order valence-electron chi connectivity index (χ3n) is 6.45. The van der Waals surface area contributed by atoms with E-state index < -0.39 is 18.1 Å². The van der Waals surface area contributed by atoms with Crippen molar-refractivity contribution in [1.82, 2.24) is 4.90 Å². The van der Waals surface area contributed by atoms with Crippen molar-refractivity contribution in [1.29, 1.82) is 0 Å². The molecule has 5 rings (SSSR count). The molecule has 1 N–H and O–H groups in total. The molecule has 1 heterocycles. The minimum Gasteiger partial charge on any atom is -0.480 e. The van der Waals surface area contributed by atoms with Crippen LogP contribution >= 0.6 is 0 Å². The van der Waals surface area contributed by atoms with Crippen molar-refractivity contribution in [3.63, 3.8) is 0 Å². The molecule has 0 spiro atoms. The second-order valence-electron chi connectivity index (χ2n) is 8.46. The number of carbonyl (C=O) groups excluding carboxylic acids is 1. The maximum Gasteiger partial charge on any atom is 0.410 e. The Kier molecular flexibility index (Phi) is 5.84. The molecular weight excluding hydrogens is 418 g/mol. The molecule has 1 fully saturated rings. The van der Waals surface area contributed by atoms with Crippen molar-refractivity contribution >= 4 is 12.1 Å². The third kappa shape index (κ3) is 4.22. The number of benzene rings is 3. The maximum atomic E-state index is 12.9. The molecule has 1 saturated heterocycles. The van der Waals surface area contributed by atoms with Gasteiger partial charge in [0.05, 0.1) is 19.3 Å². The highest BCUT2D eigenvalue weighted by atomic mass is 16.6. The number of amides is 1. The van der Waals surface area contributed by atoms with Crippen LogP contribution in [0.3, 0.4) is 0 Å². The second-order valence-corrected chi connectivity index (χ2v) is 8.46. The minimum atomic E-state index is -1.05. The van der Waals surface area contributed by atoms with Gasteiger partial charge in [0, 0.05) is 12.3 Å². The average Bonchev–Trinajstić information content (AvgIpc) is 3.42. The van der Waals surface area contributed by atoms with Crippen LogP contribution in [0.5, 0.6) is 0 Å². The summed E-state index contributed by atoms with van der Waals surface area (Å²) >= 11 is 0. The Morgan fingerprint density at radius 2 is 1.48 bits per heavy atom. The second kappa shape index (κ2) is 9.08. The summed E-state index contributed by atoms with van der Waals surface area (Å²) < 4.78 is 11.6. The Hall–Kier alpha value is -3.64. The van der Waals surface area contributed by atoms with Crippen LogP contribution in [0.15, 0.2) is 78.9 Å². The number of likely N-dealkylation sites (tertiary alicyclic amines) is 1. The first-order valence-electron chi connectivity index (χ1n) is 11.1. The number of nitrogens with zero attached hydrogens (tertiary/aromatic N) is 1. The number of hydrogen-bond acceptors (Lipinski definition) is 4. The van der Waals surface area contributed by atoms with Crippen LogP contribution < -0.4 is 0 Å². The van der Waals surface area contributed by atoms with Crippen molar-refractivity contribution in [2.75, 3.05) is 13.2 Å². The van der Waals surface area contributed by atoms with Gasteiger partial charge >= 0.3 is 12.1 Å². The van der Waals surface area contributed by atoms with E-state index in [9.17, 15) is 14.7 Å². The first-order valence-corrected chi connectivity index (χ1v) is 11.1. The fourth-order valence-electron chi connectivity index (χ4n) is 4.82. The number of carbonyl (C=O) groups is 2. The summed E-state index contributed by atoms with van der Waals surface area (Å²) in [4.78, 5) is 26.0. The Balaban J connectivity index is 1.26. The zero-order valence-electron chi connectivity index (χ0n) is 18.1. The molecular formula is C27H25NO5. The highest BCUT2D eigenvalue weighted by Crippen LogP contribution is 2.44. The highest BCUT2D eigenvalue weighted by Gasteiger charge is 2.41. The Morgan fingerprint density at radius 3 is 2.12 bits per heavy atom. The number of hydrogen-bond donors (Lipinski definition) is 1. The van der Waals surface area contributed by atoms with E-state index in [0.717, 1.165) is 27.8 Å². The van der Waals surface area contributed by atoms with Gasteiger partial charge in [0.25, 0.3) is 0 Å². The van der Waals surface area contributed by atoms with Crippen LogP contribution in [-0.4, -0.2) is 47.4 Å². The lowest BCUT2D eigenvalue weighted by Gasteiger charge is -2.22. The van der Waals surface area contributed by atoms with Crippen LogP contribution in [0.4, 0.5) is 4.79 Å². The topological polar surface area (TPSA) is 76.1 Å². The molecule has 6 nitrogen and oxygen atoms in total. The summed E-state index contributed by atoms with van der Waals surface area (Å²) in [6.45, 7) is 0.724. The van der Waals surface area contributed by atoms with E-state index in [4.69, 9.17) is 9.47 Å². The smallest absolute Gasteiger partial charge is 0.410 e. The molecule has 1 aliphatic heterocycles. The normalized spacial score (nSPS) is 19.2. The van der Waals surface area contributed by atoms with Gasteiger partial charge in [-0.15, -0.1) is 0 Å². The number of ether oxygens (including phenoxy) is 2. The van der Waals surface area contributed by atoms with E-state index in [0.29, 0.717) is 6.61 Å². The van der Waals surface area contributed by atoms with E-state index in [1.165, 1.54) is 4.90 Å². The van der Waals surface area contributed by atoms with Crippen LogP contribution in [0, 0.1) is 0 Å². The summed E-state index contributed by atoms with van der Waals surface area (Å²) in [5.41, 5.74) is 5.53. The Labute approximate surface area is 192 Å². The minimum absolute atomic E-state index is 0.0719. The van der Waals surface area contributed by atoms with Gasteiger partial charge in [-0.1, -0.05) is 78.9 Å². The zero-order chi connectivity index (χ0) is 22.8. The molecule has 0 saturated carbocycles. The predicted octanol–water partition coefficient (Wildman–Crippen LogP) is 4.68. The van der Waals surface area contributed by atoms with Gasteiger partial charge in [-0.2, -0.15) is 0 Å². The van der Waals surface area contributed by atoms with Gasteiger partial charge in [-0.25, -0.2) is 9.59 Å². The number of carboxylic acids is 1. The first-order chi connectivity index (χ1) is 16.1. The van der Waals surface area contributed by atoms with Crippen molar-refractivity contribution in [2.45, 2.75) is 31.1 Å². The Bertz CT molecular complexity index is 1120. The van der Waals surface area contributed by atoms with Gasteiger partial charge in [-0.05, 0) is 27.8 Å². The molecule has 0 aromatic heterocycles. The number of fused-ring (bicyclic) bond motifs is 3. The first kappa shape index (κ1) is 21.2. The van der Waals surface area contributed by atoms with E-state index in [1.54, 1.807) is 0 Å². The van der Waals surface area contributed by atoms with Crippen LogP contribution in [0.2, 0.25) is 0 Å². The largest absolute Gasteiger partial charge is 0.480 e. The zero-order valence-corrected chi connectivity index (χ0v) is 18.1.